The van der Waals surface area contributed by atoms with Gasteiger partial charge >= 0.3 is 12.2 Å². The molecule has 0 aliphatic rings. The van der Waals surface area contributed by atoms with Crippen LogP contribution in [0.5, 0.6) is 0 Å². The summed E-state index contributed by atoms with van der Waals surface area (Å²) in [6.45, 7) is 2.21. The summed E-state index contributed by atoms with van der Waals surface area (Å²) in [4.78, 5) is 23.2. The molecule has 2 amide bonds. The van der Waals surface area contributed by atoms with Crippen molar-refractivity contribution in [2.45, 2.75) is 27.5 Å². The number of ether oxygens (including phenoxy) is 2. The Balaban J connectivity index is 4.49. The van der Waals surface area contributed by atoms with E-state index in [1.165, 1.54) is 0 Å². The first-order valence-corrected chi connectivity index (χ1v) is 7.61. The molecule has 0 aromatic rings. The normalized spacial score (nSPS) is 12.0. The fraction of sp³-hybridized carbons (Fsp3) is 0.778. The quantitative estimate of drug-likeness (QED) is 0.544. The van der Waals surface area contributed by atoms with Gasteiger partial charge in [0.05, 0.1) is 6.04 Å². The largest absolute Gasteiger partial charge is 0.444 e. The molecule has 0 aliphatic heterocycles. The molecule has 0 aromatic heterocycles. The summed E-state index contributed by atoms with van der Waals surface area (Å²) in [6.07, 6.45) is -1.96. The number of hydrazine groups is 1. The van der Waals surface area contributed by atoms with E-state index in [1.54, 1.807) is 13.8 Å². The molecule has 0 bridgehead atoms. The van der Waals surface area contributed by atoms with Crippen LogP contribution in [0.4, 0.5) is 9.59 Å². The summed E-state index contributed by atoms with van der Waals surface area (Å²) in [6, 6.07) is -0.465. The highest BCUT2D eigenvalue weighted by Gasteiger charge is 2.28. The second-order valence-corrected chi connectivity index (χ2v) is 8.97. The summed E-state index contributed by atoms with van der Waals surface area (Å²) >= 11 is 32.6. The van der Waals surface area contributed by atoms with E-state index in [9.17, 15) is 9.59 Å². The van der Waals surface area contributed by atoms with Gasteiger partial charge in [-0.2, -0.15) is 0 Å². The summed E-state index contributed by atoms with van der Waals surface area (Å²) in [7, 11) is 0. The van der Waals surface area contributed by atoms with E-state index >= 15 is 0 Å². The number of hydrogen-bond acceptors (Lipinski definition) is 4. The average Bonchev–Trinajstić information content (AvgIpc) is 2.28. The van der Waals surface area contributed by atoms with E-state index in [0.29, 0.717) is 0 Å². The number of rotatable bonds is 3. The number of alkyl halides is 6. The van der Waals surface area contributed by atoms with Crippen LogP contribution < -0.4 is 5.43 Å². The molecular weight excluding hydrogens is 413 g/mol. The van der Waals surface area contributed by atoms with Gasteiger partial charge in [-0.1, -0.05) is 69.6 Å². The van der Waals surface area contributed by atoms with E-state index in [-0.39, 0.29) is 0 Å². The lowest BCUT2D eigenvalue weighted by atomic mass is 10.4. The molecule has 0 spiro atoms. The van der Waals surface area contributed by atoms with Crippen LogP contribution >= 0.6 is 69.6 Å². The van der Waals surface area contributed by atoms with Crippen molar-refractivity contribution in [3.8, 4) is 0 Å². The van der Waals surface area contributed by atoms with Gasteiger partial charge in [0.15, 0.2) is 0 Å². The fourth-order valence-corrected chi connectivity index (χ4v) is 1.20. The molecule has 1 N–H and O–H groups in total. The van der Waals surface area contributed by atoms with E-state index in [1.807, 2.05) is 0 Å². The predicted molar refractivity (Wildman–Crippen MR) is 83.4 cm³/mol. The van der Waals surface area contributed by atoms with Gasteiger partial charge < -0.3 is 9.47 Å². The number of nitrogens with one attached hydrogen (secondary N) is 1. The highest BCUT2D eigenvalue weighted by molar-refractivity contribution is 6.68. The molecule has 0 saturated heterocycles. The Kier molecular flexibility index (Phi) is 8.91. The molecule has 21 heavy (non-hydrogen) atoms. The van der Waals surface area contributed by atoms with Gasteiger partial charge in [0, 0.05) is 0 Å². The summed E-state index contributed by atoms with van der Waals surface area (Å²) in [5, 5.41) is 0.830. The smallest absolute Gasteiger partial charge is 0.429 e. The lowest BCUT2D eigenvalue weighted by Crippen LogP contribution is -2.51. The lowest BCUT2D eigenvalue weighted by molar-refractivity contribution is 0.0593. The molecule has 6 nitrogen and oxygen atoms in total. The van der Waals surface area contributed by atoms with Crippen molar-refractivity contribution in [2.24, 2.45) is 0 Å². The monoisotopic (exact) mass is 422 g/mol. The SMILES string of the molecule is CC(C)N(NC(=O)OCC(Cl)(Cl)Cl)C(=O)OCC(Cl)(Cl)Cl. The Morgan fingerprint density at radius 2 is 1.43 bits per heavy atom. The predicted octanol–water partition coefficient (Wildman–Crippen LogP) is 4.22. The fourth-order valence-electron chi connectivity index (χ4n) is 0.877. The summed E-state index contributed by atoms with van der Waals surface area (Å²) in [5.41, 5.74) is 2.12. The number of carbonyl (C=O) groups is 2. The highest BCUT2D eigenvalue weighted by Crippen LogP contribution is 2.26. The van der Waals surface area contributed by atoms with Gasteiger partial charge in [0.25, 0.3) is 0 Å². The zero-order valence-corrected chi connectivity index (χ0v) is 15.4. The molecule has 12 heteroatoms. The third-order valence-electron chi connectivity index (χ3n) is 1.65. The van der Waals surface area contributed by atoms with Gasteiger partial charge in [-0.05, 0) is 13.8 Å². The molecule has 124 valence electrons. The van der Waals surface area contributed by atoms with Crippen LogP contribution in [0.3, 0.4) is 0 Å². The third kappa shape index (κ3) is 11.5. The maximum atomic E-state index is 11.7. The van der Waals surface area contributed by atoms with Crippen molar-refractivity contribution in [2.75, 3.05) is 13.2 Å². The van der Waals surface area contributed by atoms with Crippen molar-refractivity contribution in [3.63, 3.8) is 0 Å². The highest BCUT2D eigenvalue weighted by atomic mass is 35.6. The Labute approximate surface area is 151 Å². The van der Waals surface area contributed by atoms with Gasteiger partial charge in [-0.25, -0.2) is 20.0 Å². The molecule has 0 fully saturated rings. The third-order valence-corrected chi connectivity index (χ3v) is 2.31. The van der Waals surface area contributed by atoms with E-state index < -0.39 is 39.0 Å². The van der Waals surface area contributed by atoms with Crippen LogP contribution in [-0.2, 0) is 9.47 Å². The first kappa shape index (κ1) is 21.3. The number of carbonyl (C=O) groups excluding carboxylic acids is 2. The minimum absolute atomic E-state index is 0.465. The number of nitrogens with zero attached hydrogens (tertiary/aromatic N) is 1. The first-order chi connectivity index (χ1) is 9.32. The Morgan fingerprint density at radius 3 is 1.81 bits per heavy atom. The van der Waals surface area contributed by atoms with Crippen LogP contribution in [0.2, 0.25) is 0 Å². The Hall–Kier alpha value is 0.280. The van der Waals surface area contributed by atoms with Crippen LogP contribution in [0.25, 0.3) is 0 Å². The second-order valence-electron chi connectivity index (χ2n) is 3.94. The average molecular weight is 425 g/mol. The van der Waals surface area contributed by atoms with Gasteiger partial charge in [0.1, 0.15) is 13.2 Å². The summed E-state index contributed by atoms with van der Waals surface area (Å²) < 4.78 is 5.79. The number of halogens is 6. The van der Waals surface area contributed by atoms with Crippen molar-refractivity contribution in [3.05, 3.63) is 0 Å². The molecule has 0 atom stereocenters. The van der Waals surface area contributed by atoms with E-state index in [0.717, 1.165) is 5.01 Å². The number of amides is 2. The van der Waals surface area contributed by atoms with Crippen molar-refractivity contribution in [1.82, 2.24) is 10.4 Å². The number of hydrogen-bond donors (Lipinski definition) is 1. The second kappa shape index (κ2) is 8.79. The maximum absolute atomic E-state index is 11.7. The van der Waals surface area contributed by atoms with Gasteiger partial charge in [-0.3, -0.25) is 0 Å². The molecule has 0 unspecified atom stereocenters. The van der Waals surface area contributed by atoms with Gasteiger partial charge in [0.2, 0.25) is 7.59 Å². The van der Waals surface area contributed by atoms with E-state index in [2.05, 4.69) is 10.2 Å². The lowest BCUT2D eigenvalue weighted by Gasteiger charge is -2.26. The van der Waals surface area contributed by atoms with Crippen LogP contribution in [0.15, 0.2) is 0 Å². The molecule has 0 heterocycles. The van der Waals surface area contributed by atoms with Crippen LogP contribution in [0.1, 0.15) is 13.8 Å². The van der Waals surface area contributed by atoms with Gasteiger partial charge in [-0.15, -0.1) is 0 Å². The maximum Gasteiger partial charge on any atom is 0.429 e. The Morgan fingerprint density at radius 1 is 1.00 bits per heavy atom. The minimum Gasteiger partial charge on any atom is -0.444 e. The first-order valence-electron chi connectivity index (χ1n) is 5.34. The van der Waals surface area contributed by atoms with Crippen molar-refractivity contribution >= 4 is 81.8 Å². The van der Waals surface area contributed by atoms with Crippen LogP contribution in [0, 0.1) is 0 Å². The molecule has 0 aliphatic carbocycles. The molecule has 0 aromatic carbocycles. The zero-order valence-electron chi connectivity index (χ0n) is 10.8. The van der Waals surface area contributed by atoms with Crippen molar-refractivity contribution in [1.29, 1.82) is 0 Å². The Bertz CT molecular complexity index is 368. The molecule has 0 rings (SSSR count). The zero-order chi connectivity index (χ0) is 16.8. The van der Waals surface area contributed by atoms with Crippen molar-refractivity contribution < 1.29 is 19.1 Å². The minimum atomic E-state index is -1.77. The standard InChI is InChI=1S/C9H12Cl6N2O4/c1-5(2)17(7(19)21-4-9(13,14)15)16-6(18)20-3-8(10,11)12/h5H,3-4H2,1-2H3,(H,16,18). The molecular formula is C9H12Cl6N2O4. The molecule has 0 saturated carbocycles. The van der Waals surface area contributed by atoms with Crippen LogP contribution in [-0.4, -0.2) is 44.0 Å². The molecule has 0 radical (unpaired) electrons. The topological polar surface area (TPSA) is 67.9 Å². The summed E-state index contributed by atoms with van der Waals surface area (Å²) in [5.74, 6) is 0. The van der Waals surface area contributed by atoms with E-state index in [4.69, 9.17) is 74.3 Å².